The van der Waals surface area contributed by atoms with Crippen molar-refractivity contribution < 1.29 is 35.1 Å². The van der Waals surface area contributed by atoms with Gasteiger partial charge in [0, 0.05) is 16.3 Å². The Morgan fingerprint density at radius 1 is 1.00 bits per heavy atom. The lowest BCUT2D eigenvalue weighted by Crippen LogP contribution is -2.50. The van der Waals surface area contributed by atoms with Crippen LogP contribution in [0.3, 0.4) is 0 Å². The standard InChI is InChI=1S/C12H7BrF8N2/c13-7-4-6(5-8(14)9(7)23-3-1-2-22)10(15,11(16,17)18)12(19,20)21/h1-5H,22H2. The molecule has 0 unspecified atom stereocenters. The molecule has 0 aliphatic rings. The number of hydrogen-bond acceptors (Lipinski definition) is 2. The van der Waals surface area contributed by atoms with Crippen molar-refractivity contribution in [2.45, 2.75) is 18.0 Å². The summed E-state index contributed by atoms with van der Waals surface area (Å²) in [4.78, 5) is 3.44. The van der Waals surface area contributed by atoms with Gasteiger partial charge in [-0.25, -0.2) is 8.78 Å². The summed E-state index contributed by atoms with van der Waals surface area (Å²) in [5.41, 5.74) is -3.31. The molecule has 2 nitrogen and oxygen atoms in total. The molecule has 1 rings (SSSR count). The van der Waals surface area contributed by atoms with E-state index in [4.69, 9.17) is 5.73 Å². The van der Waals surface area contributed by atoms with Gasteiger partial charge in [0.25, 0.3) is 0 Å². The van der Waals surface area contributed by atoms with Crippen LogP contribution in [-0.2, 0) is 5.67 Å². The summed E-state index contributed by atoms with van der Waals surface area (Å²) in [6, 6.07) is -0.0343. The molecular weight excluding hydrogens is 404 g/mol. The summed E-state index contributed by atoms with van der Waals surface area (Å²) >= 11 is 2.57. The molecule has 0 saturated heterocycles. The van der Waals surface area contributed by atoms with Gasteiger partial charge in [-0.2, -0.15) is 26.3 Å². The van der Waals surface area contributed by atoms with Gasteiger partial charge in [0.2, 0.25) is 0 Å². The molecule has 1 aromatic rings. The number of rotatable bonds is 3. The fraction of sp³-hybridized carbons (Fsp3) is 0.250. The first-order chi connectivity index (χ1) is 10.4. The molecule has 0 amide bonds. The van der Waals surface area contributed by atoms with Crippen LogP contribution in [0.4, 0.5) is 40.8 Å². The Kier molecular flexibility index (Phi) is 5.45. The maximum absolute atomic E-state index is 13.8. The highest BCUT2D eigenvalue weighted by molar-refractivity contribution is 9.10. The van der Waals surface area contributed by atoms with E-state index in [-0.39, 0.29) is 12.1 Å². The number of nitrogens with two attached hydrogens (primary N) is 1. The summed E-state index contributed by atoms with van der Waals surface area (Å²) in [5.74, 6) is -1.58. The topological polar surface area (TPSA) is 38.4 Å². The highest BCUT2D eigenvalue weighted by Crippen LogP contribution is 2.54. The van der Waals surface area contributed by atoms with Crippen LogP contribution in [0, 0.1) is 5.82 Å². The normalized spacial score (nSPS) is 14.1. The minimum Gasteiger partial charge on any atom is -0.405 e. The molecular formula is C12H7BrF8N2. The van der Waals surface area contributed by atoms with Gasteiger partial charge in [0.15, 0.2) is 0 Å². The van der Waals surface area contributed by atoms with Crippen LogP contribution in [0.1, 0.15) is 5.56 Å². The molecule has 2 N–H and O–H groups in total. The smallest absolute Gasteiger partial charge is 0.405 e. The average molecular weight is 411 g/mol. The van der Waals surface area contributed by atoms with E-state index in [0.29, 0.717) is 0 Å². The largest absolute Gasteiger partial charge is 0.435 e. The molecule has 0 radical (unpaired) electrons. The van der Waals surface area contributed by atoms with E-state index in [1.807, 2.05) is 0 Å². The minimum absolute atomic E-state index is 0.170. The second-order valence-corrected chi connectivity index (χ2v) is 4.96. The van der Waals surface area contributed by atoms with Crippen LogP contribution < -0.4 is 5.73 Å². The lowest BCUT2D eigenvalue weighted by molar-refractivity contribution is -0.348. The van der Waals surface area contributed by atoms with Crippen molar-refractivity contribution in [2.75, 3.05) is 0 Å². The number of hydrogen-bond donors (Lipinski definition) is 1. The molecule has 0 bridgehead atoms. The molecule has 11 heteroatoms. The van der Waals surface area contributed by atoms with Gasteiger partial charge in [0.1, 0.15) is 11.5 Å². The van der Waals surface area contributed by atoms with Gasteiger partial charge < -0.3 is 5.73 Å². The van der Waals surface area contributed by atoms with Crippen molar-refractivity contribution in [3.8, 4) is 0 Å². The quantitative estimate of drug-likeness (QED) is 0.549. The van der Waals surface area contributed by atoms with E-state index in [1.165, 1.54) is 0 Å². The second kappa shape index (κ2) is 6.46. The molecule has 1 aromatic carbocycles. The molecule has 0 aliphatic carbocycles. The van der Waals surface area contributed by atoms with E-state index < -0.39 is 39.6 Å². The summed E-state index contributed by atoms with van der Waals surface area (Å²) in [5, 5.41) is 0. The van der Waals surface area contributed by atoms with Crippen LogP contribution in [0.25, 0.3) is 0 Å². The first-order valence-electron chi connectivity index (χ1n) is 5.59. The number of halogens is 9. The first-order valence-corrected chi connectivity index (χ1v) is 6.38. The first kappa shape index (κ1) is 19.4. The van der Waals surface area contributed by atoms with E-state index >= 15 is 0 Å². The van der Waals surface area contributed by atoms with Gasteiger partial charge in [-0.1, -0.05) is 0 Å². The number of aliphatic imine (C=N–C) groups is 1. The zero-order chi connectivity index (χ0) is 18.1. The Balaban J connectivity index is 3.55. The number of nitrogens with zero attached hydrogens (tertiary/aromatic N) is 1. The fourth-order valence-electron chi connectivity index (χ4n) is 1.54. The van der Waals surface area contributed by atoms with Gasteiger partial charge in [-0.3, -0.25) is 4.99 Å². The second-order valence-electron chi connectivity index (χ2n) is 4.11. The number of allylic oxidation sites excluding steroid dienone is 1. The zero-order valence-corrected chi connectivity index (χ0v) is 12.4. The van der Waals surface area contributed by atoms with Crippen LogP contribution in [0.5, 0.6) is 0 Å². The van der Waals surface area contributed by atoms with Crippen molar-refractivity contribution in [3.63, 3.8) is 0 Å². The fourth-order valence-corrected chi connectivity index (χ4v) is 2.08. The van der Waals surface area contributed by atoms with Gasteiger partial charge >= 0.3 is 18.0 Å². The predicted octanol–water partition coefficient (Wildman–Crippen LogP) is 5.05. The molecule has 0 aromatic heterocycles. The van der Waals surface area contributed by atoms with E-state index in [2.05, 4.69) is 20.9 Å². The minimum atomic E-state index is -6.33. The van der Waals surface area contributed by atoms with Crippen molar-refractivity contribution in [1.29, 1.82) is 0 Å². The Morgan fingerprint density at radius 3 is 1.91 bits per heavy atom. The van der Waals surface area contributed by atoms with Gasteiger partial charge in [-0.05, 0) is 40.3 Å². The zero-order valence-electron chi connectivity index (χ0n) is 10.8. The SMILES string of the molecule is NC=CC=Nc1c(F)cc(C(F)(C(F)(F)F)C(F)(F)F)cc1Br. The van der Waals surface area contributed by atoms with Crippen molar-refractivity contribution >= 4 is 27.8 Å². The summed E-state index contributed by atoms with van der Waals surface area (Å²) in [7, 11) is 0. The Bertz CT molecular complexity index is 596. The van der Waals surface area contributed by atoms with Crippen LogP contribution in [0.15, 0.2) is 33.9 Å². The molecule has 0 atom stereocenters. The Hall–Kier alpha value is -1.65. The summed E-state index contributed by atoms with van der Waals surface area (Å²) in [6.07, 6.45) is -9.58. The van der Waals surface area contributed by atoms with Crippen LogP contribution in [0.2, 0.25) is 0 Å². The lowest BCUT2D eigenvalue weighted by atomic mass is 9.94. The third-order valence-electron chi connectivity index (χ3n) is 2.60. The molecule has 128 valence electrons. The maximum atomic E-state index is 13.8. The van der Waals surface area contributed by atoms with E-state index in [9.17, 15) is 35.1 Å². The highest BCUT2D eigenvalue weighted by Gasteiger charge is 2.73. The van der Waals surface area contributed by atoms with Gasteiger partial charge in [-0.15, -0.1) is 0 Å². The summed E-state index contributed by atoms with van der Waals surface area (Å²) < 4.78 is 103. The molecule has 0 heterocycles. The lowest BCUT2D eigenvalue weighted by Gasteiger charge is -2.30. The number of alkyl halides is 7. The Morgan fingerprint density at radius 2 is 1.52 bits per heavy atom. The van der Waals surface area contributed by atoms with Crippen LogP contribution in [-0.4, -0.2) is 18.6 Å². The molecule has 0 saturated carbocycles. The van der Waals surface area contributed by atoms with Crippen molar-refractivity contribution in [1.82, 2.24) is 0 Å². The van der Waals surface area contributed by atoms with Crippen molar-refractivity contribution in [2.24, 2.45) is 10.7 Å². The average Bonchev–Trinajstić information content (AvgIpc) is 2.38. The third kappa shape index (κ3) is 3.65. The van der Waals surface area contributed by atoms with Gasteiger partial charge in [0.05, 0.1) is 0 Å². The molecule has 0 aliphatic heterocycles. The summed E-state index contributed by atoms with van der Waals surface area (Å²) in [6.45, 7) is 0. The molecule has 23 heavy (non-hydrogen) atoms. The monoisotopic (exact) mass is 410 g/mol. The van der Waals surface area contributed by atoms with Crippen LogP contribution >= 0.6 is 15.9 Å². The highest BCUT2D eigenvalue weighted by atomic mass is 79.9. The van der Waals surface area contributed by atoms with E-state index in [1.54, 1.807) is 0 Å². The number of benzene rings is 1. The van der Waals surface area contributed by atoms with E-state index in [0.717, 1.165) is 18.5 Å². The maximum Gasteiger partial charge on any atom is 0.435 e. The Labute approximate surface area is 132 Å². The molecule has 0 fully saturated rings. The van der Waals surface area contributed by atoms with Crippen molar-refractivity contribution in [3.05, 3.63) is 40.3 Å². The third-order valence-corrected chi connectivity index (χ3v) is 3.20. The molecule has 0 spiro atoms. The predicted molar refractivity (Wildman–Crippen MR) is 70.5 cm³/mol.